The summed E-state index contributed by atoms with van der Waals surface area (Å²) in [5, 5.41) is 3.10. The predicted molar refractivity (Wildman–Crippen MR) is 84.4 cm³/mol. The molecule has 1 aromatic carbocycles. The fourth-order valence-corrected chi connectivity index (χ4v) is 2.68. The second-order valence-electron chi connectivity index (χ2n) is 4.98. The summed E-state index contributed by atoms with van der Waals surface area (Å²) in [7, 11) is 1.88. The van der Waals surface area contributed by atoms with E-state index in [2.05, 4.69) is 21.2 Å². The number of amides is 1. The molecule has 6 heteroatoms. The summed E-state index contributed by atoms with van der Waals surface area (Å²) in [6.07, 6.45) is -0.500. The van der Waals surface area contributed by atoms with Gasteiger partial charge < -0.3 is 19.7 Å². The van der Waals surface area contributed by atoms with Gasteiger partial charge in [-0.2, -0.15) is 0 Å². The van der Waals surface area contributed by atoms with Gasteiger partial charge in [0.2, 0.25) is 0 Å². The zero-order valence-corrected chi connectivity index (χ0v) is 14.0. The molecule has 0 aromatic heterocycles. The maximum atomic E-state index is 12.4. The van der Waals surface area contributed by atoms with Gasteiger partial charge in [0, 0.05) is 29.7 Å². The first kappa shape index (κ1) is 16.3. The normalized spacial score (nSPS) is 16.6. The standard InChI is InChI=1S/C15H21BrN2O3/c1-11(15(19)18-5-7-20-8-6-18)21-14-4-3-13(16)9-12(14)10-17-2/h3-4,9,11,17H,5-8,10H2,1-2H3. The quantitative estimate of drug-likeness (QED) is 0.873. The molecule has 5 nitrogen and oxygen atoms in total. The fraction of sp³-hybridized carbons (Fsp3) is 0.533. The smallest absolute Gasteiger partial charge is 0.263 e. The third kappa shape index (κ3) is 4.43. The van der Waals surface area contributed by atoms with E-state index in [0.717, 1.165) is 15.8 Å². The molecule has 21 heavy (non-hydrogen) atoms. The number of nitrogens with zero attached hydrogens (tertiary/aromatic N) is 1. The molecule has 0 aliphatic carbocycles. The monoisotopic (exact) mass is 356 g/mol. The van der Waals surface area contributed by atoms with Crippen molar-refractivity contribution >= 4 is 21.8 Å². The van der Waals surface area contributed by atoms with E-state index in [4.69, 9.17) is 9.47 Å². The first-order valence-electron chi connectivity index (χ1n) is 7.08. The zero-order valence-electron chi connectivity index (χ0n) is 12.4. The lowest BCUT2D eigenvalue weighted by molar-refractivity contribution is -0.142. The van der Waals surface area contributed by atoms with Crippen LogP contribution >= 0.6 is 15.9 Å². The van der Waals surface area contributed by atoms with Crippen molar-refractivity contribution in [3.63, 3.8) is 0 Å². The minimum atomic E-state index is -0.500. The van der Waals surface area contributed by atoms with Crippen LogP contribution in [0, 0.1) is 0 Å². The second-order valence-corrected chi connectivity index (χ2v) is 5.90. The minimum absolute atomic E-state index is 0.0108. The number of hydrogen-bond acceptors (Lipinski definition) is 4. The topological polar surface area (TPSA) is 50.8 Å². The molecule has 1 unspecified atom stereocenters. The molecule has 1 saturated heterocycles. The van der Waals surface area contributed by atoms with Crippen LogP contribution in [0.15, 0.2) is 22.7 Å². The Morgan fingerprint density at radius 2 is 2.19 bits per heavy atom. The molecule has 1 amide bonds. The summed E-state index contributed by atoms with van der Waals surface area (Å²) >= 11 is 3.45. The van der Waals surface area contributed by atoms with Crippen molar-refractivity contribution in [3.8, 4) is 5.75 Å². The molecule has 1 aliphatic heterocycles. The number of carbonyl (C=O) groups is 1. The molecule has 1 aromatic rings. The number of morpholine rings is 1. The lowest BCUT2D eigenvalue weighted by Gasteiger charge is -2.29. The van der Waals surface area contributed by atoms with Crippen molar-refractivity contribution in [2.75, 3.05) is 33.4 Å². The van der Waals surface area contributed by atoms with E-state index < -0.39 is 6.10 Å². The number of carbonyl (C=O) groups excluding carboxylic acids is 1. The van der Waals surface area contributed by atoms with Crippen LogP contribution in [0.5, 0.6) is 5.75 Å². The first-order chi connectivity index (χ1) is 10.1. The Hall–Kier alpha value is -1.11. The van der Waals surface area contributed by atoms with E-state index >= 15 is 0 Å². The van der Waals surface area contributed by atoms with Gasteiger partial charge in [-0.25, -0.2) is 0 Å². The largest absolute Gasteiger partial charge is 0.481 e. The van der Waals surface area contributed by atoms with Crippen molar-refractivity contribution in [2.24, 2.45) is 0 Å². The molecular weight excluding hydrogens is 336 g/mol. The average molecular weight is 357 g/mol. The lowest BCUT2D eigenvalue weighted by atomic mass is 10.2. The van der Waals surface area contributed by atoms with Gasteiger partial charge >= 0.3 is 0 Å². The highest BCUT2D eigenvalue weighted by Crippen LogP contribution is 2.24. The number of ether oxygens (including phenoxy) is 2. The van der Waals surface area contributed by atoms with Crippen molar-refractivity contribution in [1.29, 1.82) is 0 Å². The van der Waals surface area contributed by atoms with Crippen LogP contribution in [-0.4, -0.2) is 50.3 Å². The SMILES string of the molecule is CNCc1cc(Br)ccc1OC(C)C(=O)N1CCOCC1. The highest BCUT2D eigenvalue weighted by molar-refractivity contribution is 9.10. The van der Waals surface area contributed by atoms with E-state index in [1.165, 1.54) is 0 Å². The van der Waals surface area contributed by atoms with Crippen LogP contribution < -0.4 is 10.1 Å². The molecular formula is C15H21BrN2O3. The van der Waals surface area contributed by atoms with Crippen LogP contribution in [0.3, 0.4) is 0 Å². The molecule has 0 saturated carbocycles. The Morgan fingerprint density at radius 3 is 2.86 bits per heavy atom. The summed E-state index contributed by atoms with van der Waals surface area (Å²) in [5.41, 5.74) is 1.02. The second kappa shape index (κ2) is 7.77. The van der Waals surface area contributed by atoms with Crippen molar-refractivity contribution in [3.05, 3.63) is 28.2 Å². The Bertz CT molecular complexity index is 490. The zero-order chi connectivity index (χ0) is 15.2. The maximum absolute atomic E-state index is 12.4. The number of halogens is 1. The van der Waals surface area contributed by atoms with Crippen molar-refractivity contribution in [2.45, 2.75) is 19.6 Å². The van der Waals surface area contributed by atoms with Crippen LogP contribution in [-0.2, 0) is 16.1 Å². The third-order valence-corrected chi connectivity index (χ3v) is 3.86. The third-order valence-electron chi connectivity index (χ3n) is 3.36. The summed E-state index contributed by atoms with van der Waals surface area (Å²) in [6, 6.07) is 5.80. The molecule has 1 heterocycles. The van der Waals surface area contributed by atoms with Crippen LogP contribution in [0.2, 0.25) is 0 Å². The molecule has 116 valence electrons. The molecule has 0 radical (unpaired) electrons. The number of benzene rings is 1. The van der Waals surface area contributed by atoms with E-state index in [1.807, 2.05) is 25.2 Å². The van der Waals surface area contributed by atoms with Crippen molar-refractivity contribution in [1.82, 2.24) is 10.2 Å². The molecule has 1 atom stereocenters. The maximum Gasteiger partial charge on any atom is 0.263 e. The van der Waals surface area contributed by atoms with Gasteiger partial charge in [-0.3, -0.25) is 4.79 Å². The van der Waals surface area contributed by atoms with E-state index in [-0.39, 0.29) is 5.91 Å². The lowest BCUT2D eigenvalue weighted by Crippen LogP contribution is -2.46. The highest BCUT2D eigenvalue weighted by Gasteiger charge is 2.24. The van der Waals surface area contributed by atoms with E-state index in [9.17, 15) is 4.79 Å². The van der Waals surface area contributed by atoms with Gasteiger partial charge in [0.05, 0.1) is 13.2 Å². The van der Waals surface area contributed by atoms with Gasteiger partial charge in [-0.05, 0) is 32.2 Å². The summed E-state index contributed by atoms with van der Waals surface area (Å²) in [4.78, 5) is 14.2. The molecule has 1 N–H and O–H groups in total. The average Bonchev–Trinajstić information content (AvgIpc) is 2.50. The van der Waals surface area contributed by atoms with E-state index in [0.29, 0.717) is 32.8 Å². The molecule has 0 bridgehead atoms. The summed E-state index contributed by atoms with van der Waals surface area (Å²) in [6.45, 7) is 4.95. The predicted octanol–water partition coefficient (Wildman–Crippen LogP) is 1.79. The van der Waals surface area contributed by atoms with Crippen LogP contribution in [0.25, 0.3) is 0 Å². The molecule has 1 fully saturated rings. The minimum Gasteiger partial charge on any atom is -0.481 e. The Labute approximate surface area is 133 Å². The van der Waals surface area contributed by atoms with Crippen molar-refractivity contribution < 1.29 is 14.3 Å². The molecule has 0 spiro atoms. The first-order valence-corrected chi connectivity index (χ1v) is 7.87. The number of nitrogens with one attached hydrogen (secondary N) is 1. The molecule has 1 aliphatic rings. The van der Waals surface area contributed by atoms with Gasteiger partial charge in [-0.15, -0.1) is 0 Å². The van der Waals surface area contributed by atoms with Gasteiger partial charge in [-0.1, -0.05) is 15.9 Å². The van der Waals surface area contributed by atoms with Gasteiger partial charge in [0.1, 0.15) is 5.75 Å². The van der Waals surface area contributed by atoms with Crippen LogP contribution in [0.1, 0.15) is 12.5 Å². The Morgan fingerprint density at radius 1 is 1.48 bits per heavy atom. The fourth-order valence-electron chi connectivity index (χ4n) is 2.27. The van der Waals surface area contributed by atoms with Gasteiger partial charge in [0.15, 0.2) is 6.10 Å². The Kier molecular flexibility index (Phi) is 6.02. The van der Waals surface area contributed by atoms with Crippen LogP contribution in [0.4, 0.5) is 0 Å². The van der Waals surface area contributed by atoms with Gasteiger partial charge in [0.25, 0.3) is 5.91 Å². The summed E-state index contributed by atoms with van der Waals surface area (Å²) in [5.74, 6) is 0.748. The summed E-state index contributed by atoms with van der Waals surface area (Å²) < 4.78 is 12.1. The Balaban J connectivity index is 2.04. The highest BCUT2D eigenvalue weighted by atomic mass is 79.9. The number of hydrogen-bond donors (Lipinski definition) is 1. The number of rotatable bonds is 5. The van der Waals surface area contributed by atoms with E-state index in [1.54, 1.807) is 11.8 Å². The molecule has 2 rings (SSSR count).